The lowest BCUT2D eigenvalue weighted by molar-refractivity contribution is 0.212. The summed E-state index contributed by atoms with van der Waals surface area (Å²) in [4.78, 5) is 4.90. The van der Waals surface area contributed by atoms with Gasteiger partial charge in [0.05, 0.1) is 6.07 Å². The predicted molar refractivity (Wildman–Crippen MR) is 74.8 cm³/mol. The Hall–Kier alpha value is -2.60. The lowest BCUT2D eigenvalue weighted by Gasteiger charge is -2.12. The van der Waals surface area contributed by atoms with Crippen molar-refractivity contribution in [3.63, 3.8) is 0 Å². The summed E-state index contributed by atoms with van der Waals surface area (Å²) in [6, 6.07) is 21.5. The smallest absolute Gasteiger partial charge is 0.117 e. The van der Waals surface area contributed by atoms with Gasteiger partial charge in [0.1, 0.15) is 18.7 Å². The second-order valence-electron chi connectivity index (χ2n) is 4.00. The van der Waals surface area contributed by atoms with Crippen LogP contribution in [0, 0.1) is 11.3 Å². The lowest BCUT2D eigenvalue weighted by atomic mass is 9.91. The van der Waals surface area contributed by atoms with E-state index in [9.17, 15) is 5.26 Å². The molecule has 3 heteroatoms. The molecule has 0 aliphatic heterocycles. The van der Waals surface area contributed by atoms with Gasteiger partial charge in [0.2, 0.25) is 0 Å². The molecule has 94 valence electrons. The molecular formula is C16H14N2O. The van der Waals surface area contributed by atoms with E-state index in [0.717, 1.165) is 11.1 Å². The molecule has 0 aliphatic carbocycles. The summed E-state index contributed by atoms with van der Waals surface area (Å²) >= 11 is 0. The van der Waals surface area contributed by atoms with Gasteiger partial charge in [-0.2, -0.15) is 5.26 Å². The zero-order valence-corrected chi connectivity index (χ0v) is 10.7. The van der Waals surface area contributed by atoms with Crippen molar-refractivity contribution in [2.24, 2.45) is 5.16 Å². The highest BCUT2D eigenvalue weighted by Crippen LogP contribution is 2.21. The Morgan fingerprint density at radius 3 is 2.16 bits per heavy atom. The van der Waals surface area contributed by atoms with Crippen LogP contribution in [0.1, 0.15) is 17.0 Å². The van der Waals surface area contributed by atoms with Crippen molar-refractivity contribution in [1.29, 1.82) is 5.26 Å². The number of nitrogens with zero attached hydrogens (tertiary/aromatic N) is 2. The Morgan fingerprint density at radius 1 is 1.05 bits per heavy atom. The zero-order valence-electron chi connectivity index (χ0n) is 10.7. The second-order valence-corrected chi connectivity index (χ2v) is 4.00. The van der Waals surface area contributed by atoms with Crippen LogP contribution in [0.25, 0.3) is 0 Å². The van der Waals surface area contributed by atoms with E-state index in [1.165, 1.54) is 7.11 Å². The minimum absolute atomic E-state index is 0.441. The molecule has 0 saturated carbocycles. The first-order chi connectivity index (χ1) is 9.36. The first-order valence-electron chi connectivity index (χ1n) is 5.98. The molecule has 0 saturated heterocycles. The summed E-state index contributed by atoms with van der Waals surface area (Å²) in [6.07, 6.45) is 0. The van der Waals surface area contributed by atoms with E-state index in [4.69, 9.17) is 4.84 Å². The SMILES string of the molecule is CO/N=C(/c1ccccc1)C(C#N)c1ccccc1. The fourth-order valence-electron chi connectivity index (χ4n) is 1.92. The molecule has 1 atom stereocenters. The average Bonchev–Trinajstić information content (AvgIpc) is 2.49. The van der Waals surface area contributed by atoms with Crippen LogP contribution in [0.3, 0.4) is 0 Å². The largest absolute Gasteiger partial charge is 0.399 e. The molecule has 2 rings (SSSR count). The summed E-state index contributed by atoms with van der Waals surface area (Å²) in [5, 5.41) is 13.5. The maximum atomic E-state index is 9.45. The maximum Gasteiger partial charge on any atom is 0.117 e. The van der Waals surface area contributed by atoms with Gasteiger partial charge in [-0.25, -0.2) is 0 Å². The number of rotatable bonds is 4. The van der Waals surface area contributed by atoms with Crippen LogP contribution in [-0.4, -0.2) is 12.8 Å². The molecule has 0 aromatic heterocycles. The van der Waals surface area contributed by atoms with Crippen LogP contribution in [0.4, 0.5) is 0 Å². The Labute approximate surface area is 112 Å². The quantitative estimate of drug-likeness (QED) is 0.617. The van der Waals surface area contributed by atoms with Crippen molar-refractivity contribution in [2.75, 3.05) is 7.11 Å². The summed E-state index contributed by atoms with van der Waals surface area (Å²) in [6.45, 7) is 0. The standard InChI is InChI=1S/C16H14N2O/c1-19-18-16(14-10-6-3-7-11-14)15(12-17)13-8-4-2-5-9-13/h2-11,15H,1H3/b18-16-. The van der Waals surface area contributed by atoms with Gasteiger partial charge in [0.25, 0.3) is 0 Å². The van der Waals surface area contributed by atoms with E-state index >= 15 is 0 Å². The Bertz CT molecular complexity index is 585. The van der Waals surface area contributed by atoms with Crippen LogP contribution >= 0.6 is 0 Å². The summed E-state index contributed by atoms with van der Waals surface area (Å²) < 4.78 is 0. The fraction of sp³-hybridized carbons (Fsp3) is 0.125. The molecule has 0 heterocycles. The van der Waals surface area contributed by atoms with Crippen molar-refractivity contribution < 1.29 is 4.84 Å². The minimum atomic E-state index is -0.441. The van der Waals surface area contributed by atoms with Gasteiger partial charge in [-0.05, 0) is 5.56 Å². The Morgan fingerprint density at radius 2 is 1.63 bits per heavy atom. The summed E-state index contributed by atoms with van der Waals surface area (Å²) in [7, 11) is 1.49. The van der Waals surface area contributed by atoms with E-state index in [1.807, 2.05) is 60.7 Å². The van der Waals surface area contributed by atoms with Crippen molar-refractivity contribution in [3.05, 3.63) is 71.8 Å². The van der Waals surface area contributed by atoms with Gasteiger partial charge < -0.3 is 4.84 Å². The van der Waals surface area contributed by atoms with E-state index in [2.05, 4.69) is 11.2 Å². The van der Waals surface area contributed by atoms with Crippen molar-refractivity contribution >= 4 is 5.71 Å². The van der Waals surface area contributed by atoms with Crippen molar-refractivity contribution in [3.8, 4) is 6.07 Å². The second kappa shape index (κ2) is 6.36. The number of nitriles is 1. The molecule has 0 N–H and O–H groups in total. The maximum absolute atomic E-state index is 9.45. The van der Waals surface area contributed by atoms with Gasteiger partial charge in [-0.1, -0.05) is 65.8 Å². The van der Waals surface area contributed by atoms with Crippen LogP contribution in [0.5, 0.6) is 0 Å². The third kappa shape index (κ3) is 2.99. The zero-order chi connectivity index (χ0) is 13.5. The van der Waals surface area contributed by atoms with Gasteiger partial charge >= 0.3 is 0 Å². The highest BCUT2D eigenvalue weighted by Gasteiger charge is 2.20. The number of oxime groups is 1. The molecule has 1 unspecified atom stereocenters. The normalized spacial score (nSPS) is 12.5. The third-order valence-corrected chi connectivity index (χ3v) is 2.79. The average molecular weight is 250 g/mol. The Kier molecular flexibility index (Phi) is 4.30. The minimum Gasteiger partial charge on any atom is -0.399 e. The highest BCUT2D eigenvalue weighted by molar-refractivity contribution is 6.06. The fourth-order valence-corrected chi connectivity index (χ4v) is 1.92. The molecule has 2 aromatic carbocycles. The van der Waals surface area contributed by atoms with Crippen molar-refractivity contribution in [2.45, 2.75) is 5.92 Å². The molecule has 0 fully saturated rings. The highest BCUT2D eigenvalue weighted by atomic mass is 16.6. The molecule has 0 spiro atoms. The Balaban J connectivity index is 2.45. The summed E-state index contributed by atoms with van der Waals surface area (Å²) in [5.74, 6) is -0.441. The van der Waals surface area contributed by atoms with Crippen LogP contribution in [-0.2, 0) is 4.84 Å². The van der Waals surface area contributed by atoms with Gasteiger partial charge in [-0.3, -0.25) is 0 Å². The molecule has 2 aromatic rings. The van der Waals surface area contributed by atoms with Crippen LogP contribution < -0.4 is 0 Å². The number of benzene rings is 2. The summed E-state index contributed by atoms with van der Waals surface area (Å²) in [5.41, 5.74) is 2.42. The molecular weight excluding hydrogens is 236 g/mol. The molecule has 19 heavy (non-hydrogen) atoms. The van der Waals surface area contributed by atoms with E-state index in [-0.39, 0.29) is 0 Å². The molecule has 3 nitrogen and oxygen atoms in total. The van der Waals surface area contributed by atoms with Gasteiger partial charge in [0.15, 0.2) is 0 Å². The monoisotopic (exact) mass is 250 g/mol. The van der Waals surface area contributed by atoms with Crippen molar-refractivity contribution in [1.82, 2.24) is 0 Å². The number of hydrogen-bond acceptors (Lipinski definition) is 3. The molecule has 0 radical (unpaired) electrons. The van der Waals surface area contributed by atoms with E-state index in [1.54, 1.807) is 0 Å². The number of hydrogen-bond donors (Lipinski definition) is 0. The van der Waals surface area contributed by atoms with Gasteiger partial charge in [-0.15, -0.1) is 0 Å². The first-order valence-corrected chi connectivity index (χ1v) is 5.98. The van der Waals surface area contributed by atoms with E-state index in [0.29, 0.717) is 5.71 Å². The lowest BCUT2D eigenvalue weighted by Crippen LogP contribution is -2.13. The first kappa shape index (κ1) is 12.8. The van der Waals surface area contributed by atoms with Crippen LogP contribution in [0.15, 0.2) is 65.8 Å². The molecule has 0 aliphatic rings. The van der Waals surface area contributed by atoms with E-state index < -0.39 is 5.92 Å². The molecule has 0 amide bonds. The third-order valence-electron chi connectivity index (χ3n) is 2.79. The molecule has 0 bridgehead atoms. The van der Waals surface area contributed by atoms with Gasteiger partial charge in [0, 0.05) is 5.56 Å². The topological polar surface area (TPSA) is 45.4 Å². The van der Waals surface area contributed by atoms with Crippen LogP contribution in [0.2, 0.25) is 0 Å². The predicted octanol–water partition coefficient (Wildman–Crippen LogP) is 3.34.